The number of nitrogens with one attached hydrogen (secondary N) is 1. The van der Waals surface area contributed by atoms with E-state index in [1.807, 2.05) is 0 Å². The van der Waals surface area contributed by atoms with Crippen LogP contribution in [0.25, 0.3) is 0 Å². The fraction of sp³-hybridized carbons (Fsp3) is 0.750. The lowest BCUT2D eigenvalue weighted by atomic mass is 10.2. The third-order valence-corrected chi connectivity index (χ3v) is 1.57. The van der Waals surface area contributed by atoms with Gasteiger partial charge in [-0.25, -0.2) is 9.59 Å². The summed E-state index contributed by atoms with van der Waals surface area (Å²) in [6.45, 7) is 2.50. The third kappa shape index (κ3) is 7.27. The van der Waals surface area contributed by atoms with Gasteiger partial charge in [-0.15, -0.1) is 0 Å². The number of rotatable bonds is 0. The van der Waals surface area contributed by atoms with Crippen molar-refractivity contribution >= 4 is 11.9 Å². The predicted molar refractivity (Wildman–Crippen MR) is 46.4 cm³/mol. The first kappa shape index (κ1) is 11.9. The first-order chi connectivity index (χ1) is 6.18. The molecule has 1 heterocycles. The van der Waals surface area contributed by atoms with Crippen LogP contribution in [0.4, 0.5) is 0 Å². The molecule has 0 bridgehead atoms. The van der Waals surface area contributed by atoms with Crippen LogP contribution in [0, 0.1) is 0 Å². The Labute approximate surface area is 77.1 Å². The summed E-state index contributed by atoms with van der Waals surface area (Å²) < 4.78 is 3.77. The van der Waals surface area contributed by atoms with Crippen molar-refractivity contribution < 1.29 is 19.4 Å². The van der Waals surface area contributed by atoms with E-state index in [0.717, 1.165) is 7.11 Å². The Morgan fingerprint density at radius 2 is 1.77 bits per heavy atom. The summed E-state index contributed by atoms with van der Waals surface area (Å²) in [6.07, 6.45) is 4.22. The number of carboxylic acids is 1. The molecule has 0 amide bonds. The minimum Gasteiger partial charge on any atom is -0.473 e. The molecule has 0 radical (unpaired) electrons. The van der Waals surface area contributed by atoms with Crippen molar-refractivity contribution in [3.63, 3.8) is 0 Å². The fourth-order valence-electron chi connectivity index (χ4n) is 0.889. The van der Waals surface area contributed by atoms with E-state index >= 15 is 0 Å². The number of piperidine rings is 1. The number of aliphatic carboxylic acids is 1. The zero-order valence-corrected chi connectivity index (χ0v) is 7.71. The minimum atomic E-state index is -1.57. The highest BCUT2D eigenvalue weighted by atomic mass is 16.5. The lowest BCUT2D eigenvalue weighted by molar-refractivity contribution is -0.161. The first-order valence-electron chi connectivity index (χ1n) is 4.20. The molecule has 1 fully saturated rings. The van der Waals surface area contributed by atoms with E-state index in [4.69, 9.17) is 5.11 Å². The van der Waals surface area contributed by atoms with Crippen LogP contribution >= 0.6 is 0 Å². The maximum absolute atomic E-state index is 9.69. The number of carbonyl (C=O) groups is 2. The van der Waals surface area contributed by atoms with Crippen molar-refractivity contribution in [2.45, 2.75) is 19.3 Å². The summed E-state index contributed by atoms with van der Waals surface area (Å²) in [5, 5.41) is 11.0. The van der Waals surface area contributed by atoms with E-state index in [-0.39, 0.29) is 0 Å². The minimum absolute atomic E-state index is 1.01. The molecule has 1 aliphatic heterocycles. The van der Waals surface area contributed by atoms with Crippen LogP contribution in [-0.2, 0) is 14.3 Å². The maximum atomic E-state index is 9.69. The number of esters is 1. The van der Waals surface area contributed by atoms with Gasteiger partial charge in [-0.2, -0.15) is 0 Å². The molecular weight excluding hydrogens is 174 g/mol. The monoisotopic (exact) mass is 189 g/mol. The largest absolute Gasteiger partial charge is 0.473 e. The van der Waals surface area contributed by atoms with Crippen LogP contribution in [0.5, 0.6) is 0 Å². The van der Waals surface area contributed by atoms with E-state index < -0.39 is 11.9 Å². The molecule has 0 aromatic rings. The van der Waals surface area contributed by atoms with Crippen LogP contribution in [0.2, 0.25) is 0 Å². The Hall–Kier alpha value is -1.10. The van der Waals surface area contributed by atoms with E-state index in [2.05, 4.69) is 10.1 Å². The number of hydrogen-bond donors (Lipinski definition) is 2. The topological polar surface area (TPSA) is 75.6 Å². The number of hydrogen-bond acceptors (Lipinski definition) is 4. The zero-order valence-electron chi connectivity index (χ0n) is 7.71. The quantitative estimate of drug-likeness (QED) is 0.414. The maximum Gasteiger partial charge on any atom is 0.417 e. The molecule has 76 valence electrons. The molecule has 0 spiro atoms. The van der Waals surface area contributed by atoms with Crippen molar-refractivity contribution in [1.82, 2.24) is 5.32 Å². The molecule has 0 aliphatic carbocycles. The van der Waals surface area contributed by atoms with Gasteiger partial charge in [-0.3, -0.25) is 0 Å². The normalized spacial score (nSPS) is 15.2. The second-order valence-corrected chi connectivity index (χ2v) is 2.61. The summed E-state index contributed by atoms with van der Waals surface area (Å²) in [5.74, 6) is -2.80. The molecule has 0 atom stereocenters. The highest BCUT2D eigenvalue weighted by Crippen LogP contribution is 1.96. The Bertz CT molecular complexity index is 154. The summed E-state index contributed by atoms with van der Waals surface area (Å²) in [5.41, 5.74) is 0. The average molecular weight is 189 g/mol. The lowest BCUT2D eigenvalue weighted by Crippen LogP contribution is -2.21. The molecule has 0 saturated carbocycles. The van der Waals surface area contributed by atoms with Crippen LogP contribution < -0.4 is 5.32 Å². The molecule has 1 saturated heterocycles. The number of ether oxygens (including phenoxy) is 1. The van der Waals surface area contributed by atoms with Gasteiger partial charge in [0.25, 0.3) is 0 Å². The van der Waals surface area contributed by atoms with Crippen molar-refractivity contribution in [2.75, 3.05) is 20.2 Å². The Morgan fingerprint density at radius 1 is 1.23 bits per heavy atom. The Kier molecular flexibility index (Phi) is 6.91. The van der Waals surface area contributed by atoms with E-state index in [9.17, 15) is 9.59 Å². The summed E-state index contributed by atoms with van der Waals surface area (Å²) in [4.78, 5) is 19.1. The van der Waals surface area contributed by atoms with E-state index in [1.54, 1.807) is 0 Å². The molecule has 5 heteroatoms. The van der Waals surface area contributed by atoms with Gasteiger partial charge in [0.15, 0.2) is 0 Å². The molecule has 0 aromatic heterocycles. The Morgan fingerprint density at radius 3 is 1.85 bits per heavy atom. The molecular formula is C8H15NO4. The van der Waals surface area contributed by atoms with Gasteiger partial charge >= 0.3 is 11.9 Å². The standard InChI is InChI=1S/C5H11N.C3H4O4/c1-2-4-6-5-3-1;1-7-3(6)2(4)5/h6H,1-5H2;1H3,(H,4,5). The van der Waals surface area contributed by atoms with E-state index in [0.29, 0.717) is 0 Å². The predicted octanol–water partition coefficient (Wildman–Crippen LogP) is 0.00390. The molecule has 13 heavy (non-hydrogen) atoms. The molecule has 2 N–H and O–H groups in total. The number of methoxy groups -OCH3 is 1. The van der Waals surface area contributed by atoms with Crippen molar-refractivity contribution in [1.29, 1.82) is 0 Å². The van der Waals surface area contributed by atoms with Crippen LogP contribution in [0.1, 0.15) is 19.3 Å². The van der Waals surface area contributed by atoms with Gasteiger partial charge in [-0.1, -0.05) is 6.42 Å². The number of carbonyl (C=O) groups excluding carboxylic acids is 1. The molecule has 1 aliphatic rings. The summed E-state index contributed by atoms with van der Waals surface area (Å²) >= 11 is 0. The molecule has 0 unspecified atom stereocenters. The van der Waals surface area contributed by atoms with Crippen LogP contribution in [0.3, 0.4) is 0 Å². The van der Waals surface area contributed by atoms with Crippen LogP contribution in [0.15, 0.2) is 0 Å². The van der Waals surface area contributed by atoms with Crippen molar-refractivity contribution in [3.05, 3.63) is 0 Å². The second-order valence-electron chi connectivity index (χ2n) is 2.61. The lowest BCUT2D eigenvalue weighted by Gasteiger charge is -2.08. The van der Waals surface area contributed by atoms with Gasteiger partial charge in [0, 0.05) is 0 Å². The highest BCUT2D eigenvalue weighted by molar-refractivity contribution is 6.28. The number of carboxylic acid groups (broad SMARTS) is 1. The van der Waals surface area contributed by atoms with Crippen molar-refractivity contribution in [2.24, 2.45) is 0 Å². The fourth-order valence-corrected chi connectivity index (χ4v) is 0.889. The molecule has 5 nitrogen and oxygen atoms in total. The van der Waals surface area contributed by atoms with Crippen LogP contribution in [-0.4, -0.2) is 37.2 Å². The smallest absolute Gasteiger partial charge is 0.417 e. The van der Waals surface area contributed by atoms with Gasteiger partial charge in [0.2, 0.25) is 0 Å². The third-order valence-electron chi connectivity index (χ3n) is 1.57. The van der Waals surface area contributed by atoms with Gasteiger partial charge in [0.1, 0.15) is 0 Å². The van der Waals surface area contributed by atoms with E-state index in [1.165, 1.54) is 32.4 Å². The van der Waals surface area contributed by atoms with Crippen molar-refractivity contribution in [3.8, 4) is 0 Å². The first-order valence-corrected chi connectivity index (χ1v) is 4.20. The summed E-state index contributed by atoms with van der Waals surface area (Å²) in [7, 11) is 1.01. The molecule has 1 rings (SSSR count). The summed E-state index contributed by atoms with van der Waals surface area (Å²) in [6, 6.07) is 0. The van der Waals surface area contributed by atoms with Gasteiger partial charge in [-0.05, 0) is 25.9 Å². The Balaban J connectivity index is 0.000000223. The van der Waals surface area contributed by atoms with Gasteiger partial charge < -0.3 is 15.2 Å². The van der Waals surface area contributed by atoms with Gasteiger partial charge in [0.05, 0.1) is 7.11 Å². The SMILES string of the molecule is C1CCNCC1.COC(=O)C(=O)O. The highest BCUT2D eigenvalue weighted by Gasteiger charge is 2.08. The second kappa shape index (κ2) is 7.54. The zero-order chi connectivity index (χ0) is 10.1. The average Bonchev–Trinajstić information content (AvgIpc) is 2.20. The molecule has 0 aromatic carbocycles.